The first-order valence-corrected chi connectivity index (χ1v) is 24.1. The quantitative estimate of drug-likeness (QED) is 0.143. The molecular weight excluding hydrogens is 757 g/mol. The summed E-state index contributed by atoms with van der Waals surface area (Å²) in [7, 11) is -2.23. The lowest BCUT2D eigenvalue weighted by Crippen LogP contribution is -2.53. The zero-order chi connectivity index (χ0) is 40.9. The molecule has 61 heavy (non-hydrogen) atoms. The largest absolute Gasteiger partial charge is 0.321 e. The fourth-order valence-electron chi connectivity index (χ4n) is 9.38. The van der Waals surface area contributed by atoms with Crippen LogP contribution in [0.1, 0.15) is 0 Å². The Labute approximate surface area is 358 Å². The number of pyridine rings is 1. The van der Waals surface area contributed by atoms with Crippen molar-refractivity contribution in [3.63, 3.8) is 0 Å². The maximum atomic E-state index is 5.13. The number of hydrogen-bond donors (Lipinski definition) is 0. The van der Waals surface area contributed by atoms with Gasteiger partial charge in [-0.1, -0.05) is 175 Å². The first kappa shape index (κ1) is 36.6. The van der Waals surface area contributed by atoms with Crippen molar-refractivity contribution >= 4 is 63.0 Å². The summed E-state index contributed by atoms with van der Waals surface area (Å²) in [5.74, 6) is 0.903. The van der Waals surface area contributed by atoms with Crippen molar-refractivity contribution in [1.29, 1.82) is 0 Å². The Hall–Kier alpha value is -7.47. The summed E-state index contributed by atoms with van der Waals surface area (Å²) >= 11 is 0. The molecule has 1 aliphatic heterocycles. The molecule has 1 aliphatic rings. The van der Waals surface area contributed by atoms with Crippen LogP contribution < -0.4 is 20.2 Å². The van der Waals surface area contributed by atoms with Crippen LogP contribution >= 0.6 is 0 Å². The highest BCUT2D eigenvalue weighted by Gasteiger charge is 2.31. The molecule has 8 aromatic carbocycles. The summed E-state index contributed by atoms with van der Waals surface area (Å²) in [5, 5.41) is 5.23. The van der Waals surface area contributed by atoms with Gasteiger partial charge >= 0.3 is 0 Å². The fourth-order valence-corrected chi connectivity index (χ4v) is 11.7. The average Bonchev–Trinajstić information content (AvgIpc) is 3.88. The summed E-state index contributed by atoms with van der Waals surface area (Å²) in [6, 6.07) is 77.2. The Bertz CT molecular complexity index is 3150. The zero-order valence-electron chi connectivity index (χ0n) is 34.3. The number of hydrogen-bond acceptors (Lipinski definition) is 3. The van der Waals surface area contributed by atoms with Crippen LogP contribution in [0, 0.1) is 0 Å². The summed E-state index contributed by atoms with van der Waals surface area (Å²) in [4.78, 5) is 9.99. The van der Waals surface area contributed by atoms with E-state index in [0.29, 0.717) is 0 Å². The molecule has 0 amide bonds. The number of para-hydroxylation sites is 4. The molecule has 0 saturated carbocycles. The summed E-state index contributed by atoms with van der Waals surface area (Å²) in [6.45, 7) is 5.73. The van der Waals surface area contributed by atoms with Crippen LogP contribution in [0.2, 0.25) is 13.1 Å². The highest BCUT2D eigenvalue weighted by atomic mass is 28.3. The number of benzene rings is 8. The SMILES string of the molecule is C[Si](C)(c1cccc(N2CN(c3ccccc3)c3ccccc32)c1)c1ccc2c3ccccc3n(-c3cc(-c4c(-c5ccccc5)cccc4-c4ccccc4)ccn3)c2c1. The lowest BCUT2D eigenvalue weighted by Gasteiger charge is -2.27. The normalized spacial score (nSPS) is 12.6. The first-order chi connectivity index (χ1) is 30.0. The lowest BCUT2D eigenvalue weighted by molar-refractivity contribution is 0.991. The van der Waals surface area contributed by atoms with Gasteiger partial charge in [-0.05, 0) is 94.0 Å². The molecule has 0 bridgehead atoms. The summed E-state index contributed by atoms with van der Waals surface area (Å²) in [5.41, 5.74) is 14.3. The molecule has 0 spiro atoms. The van der Waals surface area contributed by atoms with Gasteiger partial charge in [-0.25, -0.2) is 4.98 Å². The van der Waals surface area contributed by atoms with E-state index in [0.717, 1.165) is 23.6 Å². The average molecular weight is 801 g/mol. The van der Waals surface area contributed by atoms with Gasteiger partial charge in [0.1, 0.15) is 20.6 Å². The van der Waals surface area contributed by atoms with E-state index in [4.69, 9.17) is 4.98 Å². The van der Waals surface area contributed by atoms with Crippen molar-refractivity contribution in [3.8, 4) is 39.2 Å². The van der Waals surface area contributed by atoms with E-state index in [2.05, 4.69) is 240 Å². The summed E-state index contributed by atoms with van der Waals surface area (Å²) < 4.78 is 2.38. The van der Waals surface area contributed by atoms with Crippen LogP contribution in [0.4, 0.5) is 22.7 Å². The molecular formula is C56H44N4Si. The van der Waals surface area contributed by atoms with Crippen LogP contribution in [0.3, 0.4) is 0 Å². The molecule has 0 saturated heterocycles. The number of aromatic nitrogens is 2. The molecule has 5 heteroatoms. The van der Waals surface area contributed by atoms with Gasteiger partial charge in [0.25, 0.3) is 0 Å². The highest BCUT2D eigenvalue weighted by Crippen LogP contribution is 2.44. The third kappa shape index (κ3) is 6.33. The van der Waals surface area contributed by atoms with Gasteiger partial charge < -0.3 is 9.80 Å². The molecule has 0 radical (unpaired) electrons. The second kappa shape index (κ2) is 15.0. The van der Waals surface area contributed by atoms with Crippen molar-refractivity contribution in [2.24, 2.45) is 0 Å². The molecule has 0 aliphatic carbocycles. The molecule has 3 heterocycles. The maximum Gasteiger partial charge on any atom is 0.138 e. The Morgan fingerprint density at radius 3 is 1.69 bits per heavy atom. The van der Waals surface area contributed by atoms with Gasteiger partial charge in [-0.15, -0.1) is 0 Å². The second-order valence-electron chi connectivity index (χ2n) is 16.4. The van der Waals surface area contributed by atoms with Gasteiger partial charge in [-0.3, -0.25) is 4.57 Å². The minimum Gasteiger partial charge on any atom is -0.321 e. The van der Waals surface area contributed by atoms with E-state index in [1.165, 1.54) is 77.2 Å². The van der Waals surface area contributed by atoms with Crippen molar-refractivity contribution in [1.82, 2.24) is 9.55 Å². The van der Waals surface area contributed by atoms with E-state index in [1.54, 1.807) is 0 Å². The minimum atomic E-state index is -2.23. The number of anilines is 4. The molecule has 0 unspecified atom stereocenters. The van der Waals surface area contributed by atoms with E-state index >= 15 is 0 Å². The molecule has 11 rings (SSSR count). The Balaban J connectivity index is 1.03. The van der Waals surface area contributed by atoms with E-state index in [1.807, 2.05) is 6.20 Å². The van der Waals surface area contributed by atoms with Gasteiger partial charge in [0.15, 0.2) is 0 Å². The molecule has 2 aromatic heterocycles. The molecule has 10 aromatic rings. The number of nitrogens with zero attached hydrogens (tertiary/aromatic N) is 4. The van der Waals surface area contributed by atoms with Crippen molar-refractivity contribution < 1.29 is 0 Å². The molecule has 292 valence electrons. The Kier molecular flexibility index (Phi) is 8.98. The number of rotatable bonds is 8. The van der Waals surface area contributed by atoms with Crippen molar-refractivity contribution in [3.05, 3.63) is 219 Å². The Morgan fingerprint density at radius 1 is 0.426 bits per heavy atom. The lowest BCUT2D eigenvalue weighted by atomic mass is 9.88. The predicted octanol–water partition coefficient (Wildman–Crippen LogP) is 13.2. The van der Waals surface area contributed by atoms with Gasteiger partial charge in [0, 0.05) is 28.3 Å². The maximum absolute atomic E-state index is 5.13. The third-order valence-electron chi connectivity index (χ3n) is 12.6. The van der Waals surface area contributed by atoms with Gasteiger partial charge in [0.2, 0.25) is 0 Å². The van der Waals surface area contributed by atoms with E-state index < -0.39 is 8.07 Å². The van der Waals surface area contributed by atoms with Crippen LogP contribution in [0.15, 0.2) is 219 Å². The fraction of sp³-hybridized carbons (Fsp3) is 0.0536. The Morgan fingerprint density at radius 2 is 0.984 bits per heavy atom. The topological polar surface area (TPSA) is 24.3 Å². The first-order valence-electron chi connectivity index (χ1n) is 21.1. The van der Waals surface area contributed by atoms with Crippen LogP contribution in [0.5, 0.6) is 0 Å². The standard InChI is InChI=1S/C56H44N4Si/c1-61(2,45-25-16-24-44(37-45)59-39-58(43-22-10-5-11-23-43)52-30-14-15-31-53(52)59)46-32-33-50-49-26-12-13-29-51(49)60(54(50)38-46)55-36-42(34-35-57-55)56-47(40-18-6-3-7-19-40)27-17-28-48(56)41-20-8-4-9-21-41/h3-38H,39H2,1-2H3. The molecule has 0 atom stereocenters. The van der Waals surface area contributed by atoms with Crippen molar-refractivity contribution in [2.45, 2.75) is 13.1 Å². The smallest absolute Gasteiger partial charge is 0.138 e. The molecule has 0 N–H and O–H groups in total. The number of fused-ring (bicyclic) bond motifs is 4. The predicted molar refractivity (Wildman–Crippen MR) is 260 cm³/mol. The van der Waals surface area contributed by atoms with E-state index in [9.17, 15) is 0 Å². The monoisotopic (exact) mass is 800 g/mol. The molecule has 4 nitrogen and oxygen atoms in total. The van der Waals surface area contributed by atoms with Gasteiger partial charge in [-0.2, -0.15) is 0 Å². The van der Waals surface area contributed by atoms with Crippen molar-refractivity contribution in [2.75, 3.05) is 16.5 Å². The molecule has 0 fully saturated rings. The van der Waals surface area contributed by atoms with Crippen LogP contribution in [0.25, 0.3) is 61.0 Å². The van der Waals surface area contributed by atoms with Crippen LogP contribution in [-0.2, 0) is 0 Å². The highest BCUT2D eigenvalue weighted by molar-refractivity contribution is 7.00. The summed E-state index contributed by atoms with van der Waals surface area (Å²) in [6.07, 6.45) is 1.98. The second-order valence-corrected chi connectivity index (χ2v) is 20.8. The van der Waals surface area contributed by atoms with E-state index in [-0.39, 0.29) is 0 Å². The zero-order valence-corrected chi connectivity index (χ0v) is 35.3. The van der Waals surface area contributed by atoms with Gasteiger partial charge in [0.05, 0.1) is 22.4 Å². The third-order valence-corrected chi connectivity index (χ3v) is 16.1. The van der Waals surface area contributed by atoms with Crippen LogP contribution in [-0.4, -0.2) is 24.3 Å². The minimum absolute atomic E-state index is 0.760.